The largest absolute Gasteiger partial charge is 0.356 e. The molecule has 17 heteroatoms. The number of amides is 6. The van der Waals surface area contributed by atoms with Crippen LogP contribution in [0.2, 0.25) is 0 Å². The van der Waals surface area contributed by atoms with E-state index in [0.717, 1.165) is 58.1 Å². The van der Waals surface area contributed by atoms with Gasteiger partial charge in [-0.15, -0.1) is 0 Å². The number of benzene rings is 3. The average molecular weight is 891 g/mol. The Hall–Kier alpha value is -7.53. The van der Waals surface area contributed by atoms with Crippen LogP contribution in [0.5, 0.6) is 0 Å². The fourth-order valence-corrected chi connectivity index (χ4v) is 9.15. The number of nitrogens with one attached hydrogen (secondary N) is 6. The number of hydrogen-bond acceptors (Lipinski definition) is 10. The van der Waals surface area contributed by atoms with Gasteiger partial charge in [-0.05, 0) is 80.3 Å². The number of fused-ring (bicyclic) bond motifs is 4. The second-order valence-corrected chi connectivity index (χ2v) is 17.1. The van der Waals surface area contributed by atoms with E-state index < -0.39 is 11.9 Å². The lowest BCUT2D eigenvalue weighted by Gasteiger charge is -2.43. The quantitative estimate of drug-likeness (QED) is 0.0591. The molecule has 6 aromatic rings. The topological polar surface area (TPSA) is 229 Å². The molecular formula is C49H50N10O7. The van der Waals surface area contributed by atoms with E-state index in [1.165, 1.54) is 9.30 Å². The molecule has 17 nitrogen and oxygen atoms in total. The van der Waals surface area contributed by atoms with E-state index in [4.69, 9.17) is 4.98 Å². The fraction of sp³-hybridized carbons (Fsp3) is 0.327. The Morgan fingerprint density at radius 1 is 0.788 bits per heavy atom. The van der Waals surface area contributed by atoms with Gasteiger partial charge in [-0.3, -0.25) is 39.4 Å². The Morgan fingerprint density at radius 3 is 2.30 bits per heavy atom. The predicted molar refractivity (Wildman–Crippen MR) is 246 cm³/mol. The first kappa shape index (κ1) is 43.7. The van der Waals surface area contributed by atoms with Gasteiger partial charge in [0, 0.05) is 84.0 Å². The molecule has 3 aromatic carbocycles. The lowest BCUT2D eigenvalue weighted by molar-refractivity contribution is -0.132. The number of aromatic nitrogens is 4. The second kappa shape index (κ2) is 18.9. The van der Waals surface area contributed by atoms with Crippen molar-refractivity contribution in [2.45, 2.75) is 82.3 Å². The summed E-state index contributed by atoms with van der Waals surface area (Å²) in [5, 5.41) is 22.0. The summed E-state index contributed by atoms with van der Waals surface area (Å²) in [6, 6.07) is 26.4. The third-order valence-electron chi connectivity index (χ3n) is 12.9. The Bertz CT molecular complexity index is 2920. The van der Waals surface area contributed by atoms with Crippen LogP contribution >= 0.6 is 0 Å². The van der Waals surface area contributed by atoms with Crippen LogP contribution in [0, 0.1) is 0 Å². The van der Waals surface area contributed by atoms with Crippen molar-refractivity contribution < 1.29 is 28.8 Å². The van der Waals surface area contributed by atoms with Crippen LogP contribution in [0.4, 0.5) is 5.69 Å². The standard InChI is InChI=1S/C49H50N10O7/c60-40(19-20-42(62)53-37-12-6-11-33-36(37)29-59(47(33)65)39-13-7-14-41(61)55-46(39)64)50-24-4-5-25-51-43(63)28-52-49(22-8-23-49)32-17-15-31(16-18-32)44-34(30-9-2-1-3-10-30)27-35-38(54-44)21-26-58-45(35)56-57-48(58)66/h1-3,6,9-12,15-18,21,26-27,39,52H,4-5,7-8,13-14,19-20,22-25,28-29H2,(H,50,60)(H,51,63)(H,53,62)(H,57,66)(H,55,61,64). The average Bonchev–Trinajstić information content (AvgIpc) is 3.81. The molecule has 1 saturated heterocycles. The number of aromatic amines is 1. The third-order valence-corrected chi connectivity index (χ3v) is 12.9. The highest BCUT2D eigenvalue weighted by Gasteiger charge is 2.40. The van der Waals surface area contributed by atoms with Crippen molar-refractivity contribution in [2.75, 3.05) is 25.0 Å². The van der Waals surface area contributed by atoms with Gasteiger partial charge in [0.2, 0.25) is 29.5 Å². The number of H-pyrrole nitrogens is 1. The SMILES string of the molecule is O=C(CCC(=O)Nc1cccc2c1CN(C1CCCC(=O)NC1=O)C2=O)NCCCCNC(=O)CNC1(c2ccc(-c3nc4ccn5c(=O)[nH]nc5c4cc3-c3ccccc3)cc2)CCC1. The molecule has 3 aliphatic rings. The molecule has 3 aromatic heterocycles. The minimum absolute atomic E-state index is 0.0239. The molecule has 6 N–H and O–H groups in total. The van der Waals surface area contributed by atoms with Gasteiger partial charge in [0.05, 0.1) is 17.8 Å². The van der Waals surface area contributed by atoms with Crippen LogP contribution in [0.15, 0.2) is 95.9 Å². The molecule has 338 valence electrons. The van der Waals surface area contributed by atoms with Crippen molar-refractivity contribution in [3.05, 3.63) is 118 Å². The number of pyridine rings is 2. The van der Waals surface area contributed by atoms with Crippen molar-refractivity contribution in [3.8, 4) is 22.4 Å². The maximum Gasteiger partial charge on any atom is 0.347 e. The Balaban J connectivity index is 0.710. The number of nitrogens with zero attached hydrogens (tertiary/aromatic N) is 4. The van der Waals surface area contributed by atoms with Crippen molar-refractivity contribution in [1.29, 1.82) is 0 Å². The lowest BCUT2D eigenvalue weighted by Crippen LogP contribution is -2.51. The van der Waals surface area contributed by atoms with Gasteiger partial charge < -0.3 is 20.9 Å². The molecule has 2 fully saturated rings. The molecule has 66 heavy (non-hydrogen) atoms. The van der Waals surface area contributed by atoms with Crippen molar-refractivity contribution in [1.82, 2.24) is 45.7 Å². The van der Waals surface area contributed by atoms with E-state index in [2.05, 4.69) is 61.0 Å². The molecule has 2 aliphatic heterocycles. The summed E-state index contributed by atoms with van der Waals surface area (Å²) >= 11 is 0. The summed E-state index contributed by atoms with van der Waals surface area (Å²) in [6.07, 6.45) is 6.82. The Morgan fingerprint density at radius 2 is 1.55 bits per heavy atom. The first-order chi connectivity index (χ1) is 32.1. The van der Waals surface area contributed by atoms with E-state index in [9.17, 15) is 33.6 Å². The highest BCUT2D eigenvalue weighted by molar-refractivity contribution is 6.06. The van der Waals surface area contributed by atoms with Crippen molar-refractivity contribution >= 4 is 57.7 Å². The summed E-state index contributed by atoms with van der Waals surface area (Å²) in [7, 11) is 0. The third kappa shape index (κ3) is 9.06. The molecule has 0 radical (unpaired) electrons. The summed E-state index contributed by atoms with van der Waals surface area (Å²) in [4.78, 5) is 94.8. The van der Waals surface area contributed by atoms with E-state index in [0.29, 0.717) is 61.2 Å². The molecule has 1 unspecified atom stereocenters. The normalized spacial score (nSPS) is 16.6. The molecule has 0 bridgehead atoms. The maximum atomic E-state index is 13.2. The van der Waals surface area contributed by atoms with E-state index >= 15 is 0 Å². The maximum absolute atomic E-state index is 13.2. The highest BCUT2D eigenvalue weighted by atomic mass is 16.2. The number of hydrogen-bond donors (Lipinski definition) is 6. The number of unbranched alkanes of at least 4 members (excludes halogenated alkanes) is 1. The summed E-state index contributed by atoms with van der Waals surface area (Å²) < 4.78 is 1.48. The molecule has 0 spiro atoms. The molecule has 1 aliphatic carbocycles. The zero-order chi connectivity index (χ0) is 45.8. The molecule has 9 rings (SSSR count). The lowest BCUT2D eigenvalue weighted by atomic mass is 9.71. The van der Waals surface area contributed by atoms with Crippen LogP contribution in [-0.4, -0.2) is 85.6 Å². The van der Waals surface area contributed by atoms with Gasteiger partial charge >= 0.3 is 5.69 Å². The molecule has 5 heterocycles. The molecule has 1 saturated carbocycles. The summed E-state index contributed by atoms with van der Waals surface area (Å²) in [5.74, 6) is -1.95. The minimum Gasteiger partial charge on any atom is -0.356 e. The first-order valence-corrected chi connectivity index (χ1v) is 22.5. The van der Waals surface area contributed by atoms with Gasteiger partial charge in [-0.25, -0.2) is 19.3 Å². The van der Waals surface area contributed by atoms with Crippen LogP contribution in [0.25, 0.3) is 38.9 Å². The monoisotopic (exact) mass is 890 g/mol. The minimum atomic E-state index is -0.774. The van der Waals surface area contributed by atoms with Crippen LogP contribution in [0.3, 0.4) is 0 Å². The Kier molecular flexibility index (Phi) is 12.5. The number of rotatable bonds is 16. The molecule has 6 amide bonds. The zero-order valence-corrected chi connectivity index (χ0v) is 36.3. The van der Waals surface area contributed by atoms with Gasteiger partial charge in [-0.1, -0.05) is 60.7 Å². The van der Waals surface area contributed by atoms with Crippen molar-refractivity contribution in [3.63, 3.8) is 0 Å². The summed E-state index contributed by atoms with van der Waals surface area (Å²) in [5.41, 5.74) is 6.81. The van der Waals surface area contributed by atoms with Gasteiger partial charge in [0.15, 0.2) is 5.65 Å². The Labute approximate surface area is 379 Å². The zero-order valence-electron chi connectivity index (χ0n) is 36.3. The van der Waals surface area contributed by atoms with Crippen LogP contribution < -0.4 is 32.3 Å². The highest BCUT2D eigenvalue weighted by Crippen LogP contribution is 2.42. The fourth-order valence-electron chi connectivity index (χ4n) is 9.15. The summed E-state index contributed by atoms with van der Waals surface area (Å²) in [6.45, 7) is 1.14. The number of carbonyl (C=O) groups is 6. The van der Waals surface area contributed by atoms with E-state index in [1.54, 1.807) is 24.4 Å². The van der Waals surface area contributed by atoms with Crippen LogP contribution in [-0.2, 0) is 36.1 Å². The van der Waals surface area contributed by atoms with Crippen molar-refractivity contribution in [2.24, 2.45) is 0 Å². The van der Waals surface area contributed by atoms with E-state index in [-0.39, 0.29) is 73.1 Å². The molecule has 1 atom stereocenters. The van der Waals surface area contributed by atoms with Gasteiger partial charge in [-0.2, -0.15) is 5.10 Å². The second-order valence-electron chi connectivity index (χ2n) is 17.1. The molecular weight excluding hydrogens is 841 g/mol. The first-order valence-electron chi connectivity index (χ1n) is 22.5. The predicted octanol–water partition coefficient (Wildman–Crippen LogP) is 4.46. The number of anilines is 1. The number of carbonyl (C=O) groups excluding carboxylic acids is 6. The van der Waals surface area contributed by atoms with E-state index in [1.807, 2.05) is 42.5 Å². The van der Waals surface area contributed by atoms with Gasteiger partial charge in [0.25, 0.3) is 5.91 Å². The smallest absolute Gasteiger partial charge is 0.347 e. The van der Waals surface area contributed by atoms with Crippen LogP contribution in [0.1, 0.15) is 85.7 Å². The van der Waals surface area contributed by atoms with Gasteiger partial charge in [0.1, 0.15) is 6.04 Å². The number of imide groups is 1.